The zero-order valence-corrected chi connectivity index (χ0v) is 11.1. The van der Waals surface area contributed by atoms with Crippen LogP contribution in [-0.4, -0.2) is 91.6 Å². The fraction of sp³-hybridized carbons (Fsp3) is 0.833. The number of carbonyl (C=O) groups excluding carboxylic acids is 2. The third-order valence-electron chi connectivity index (χ3n) is 4.15. The molecule has 7 heteroatoms. The maximum atomic E-state index is 12.2. The molecule has 3 heterocycles. The van der Waals surface area contributed by atoms with Gasteiger partial charge in [0.1, 0.15) is 0 Å². The van der Waals surface area contributed by atoms with E-state index in [-0.39, 0.29) is 18.0 Å². The van der Waals surface area contributed by atoms with Crippen LogP contribution in [0.15, 0.2) is 0 Å². The monoisotopic (exact) mass is 267 g/mol. The number of urea groups is 1. The maximum absolute atomic E-state index is 12.2. The van der Waals surface area contributed by atoms with E-state index in [1.54, 1.807) is 0 Å². The summed E-state index contributed by atoms with van der Waals surface area (Å²) in [6, 6.07) is 0.273. The molecule has 1 atom stereocenters. The van der Waals surface area contributed by atoms with Crippen LogP contribution in [0.1, 0.15) is 0 Å². The van der Waals surface area contributed by atoms with Gasteiger partial charge in [-0.25, -0.2) is 4.79 Å². The first kappa shape index (κ1) is 12.7. The summed E-state index contributed by atoms with van der Waals surface area (Å²) in [7, 11) is 0. The average molecular weight is 267 g/mol. The van der Waals surface area contributed by atoms with Crippen molar-refractivity contribution in [2.75, 3.05) is 58.9 Å². The van der Waals surface area contributed by atoms with Gasteiger partial charge in [0.25, 0.3) is 0 Å². The number of hydrogen-bond donors (Lipinski definition) is 2. The van der Waals surface area contributed by atoms with Crippen molar-refractivity contribution in [2.45, 2.75) is 6.04 Å². The molecular formula is C12H21N5O2. The van der Waals surface area contributed by atoms with E-state index in [4.69, 9.17) is 0 Å². The second kappa shape index (κ2) is 5.34. The lowest BCUT2D eigenvalue weighted by molar-refractivity contribution is -0.133. The first-order valence-electron chi connectivity index (χ1n) is 6.99. The number of fused-ring (bicyclic) bond motifs is 1. The Labute approximate surface area is 112 Å². The number of piperazine rings is 2. The van der Waals surface area contributed by atoms with Crippen molar-refractivity contribution in [3.8, 4) is 0 Å². The van der Waals surface area contributed by atoms with Crippen LogP contribution >= 0.6 is 0 Å². The van der Waals surface area contributed by atoms with E-state index >= 15 is 0 Å². The third-order valence-corrected chi connectivity index (χ3v) is 4.15. The molecule has 7 nitrogen and oxygen atoms in total. The van der Waals surface area contributed by atoms with Crippen LogP contribution < -0.4 is 10.6 Å². The Morgan fingerprint density at radius 1 is 1.21 bits per heavy atom. The lowest BCUT2D eigenvalue weighted by atomic mass is 10.2. The highest BCUT2D eigenvalue weighted by Crippen LogP contribution is 2.14. The van der Waals surface area contributed by atoms with Gasteiger partial charge in [-0.05, 0) is 0 Å². The van der Waals surface area contributed by atoms with Crippen molar-refractivity contribution < 1.29 is 9.59 Å². The summed E-state index contributed by atoms with van der Waals surface area (Å²) in [5.41, 5.74) is 0. The minimum atomic E-state index is 0.0399. The molecule has 106 valence electrons. The Hall–Kier alpha value is -1.34. The maximum Gasteiger partial charge on any atom is 0.317 e. The summed E-state index contributed by atoms with van der Waals surface area (Å²) in [6.07, 6.45) is 0. The van der Waals surface area contributed by atoms with Gasteiger partial charge in [0.05, 0.1) is 12.6 Å². The van der Waals surface area contributed by atoms with Crippen LogP contribution in [0.3, 0.4) is 0 Å². The van der Waals surface area contributed by atoms with E-state index in [2.05, 4.69) is 15.5 Å². The van der Waals surface area contributed by atoms with Gasteiger partial charge >= 0.3 is 6.03 Å². The Kier molecular flexibility index (Phi) is 3.56. The van der Waals surface area contributed by atoms with E-state index in [0.717, 1.165) is 45.8 Å². The summed E-state index contributed by atoms with van der Waals surface area (Å²) in [5, 5.41) is 6.10. The van der Waals surface area contributed by atoms with Crippen LogP contribution in [0.2, 0.25) is 0 Å². The van der Waals surface area contributed by atoms with Crippen molar-refractivity contribution in [1.82, 2.24) is 25.3 Å². The Balaban J connectivity index is 1.50. The molecule has 3 amide bonds. The highest BCUT2D eigenvalue weighted by molar-refractivity contribution is 5.79. The minimum absolute atomic E-state index is 0.0399. The summed E-state index contributed by atoms with van der Waals surface area (Å²) >= 11 is 0. The molecule has 0 aromatic heterocycles. The predicted molar refractivity (Wildman–Crippen MR) is 69.8 cm³/mol. The molecule has 3 aliphatic heterocycles. The second-order valence-electron chi connectivity index (χ2n) is 5.40. The van der Waals surface area contributed by atoms with Gasteiger partial charge in [-0.2, -0.15) is 0 Å². The molecule has 0 aliphatic carbocycles. The van der Waals surface area contributed by atoms with Crippen LogP contribution in [0, 0.1) is 0 Å². The molecule has 3 saturated heterocycles. The van der Waals surface area contributed by atoms with Crippen molar-refractivity contribution in [2.24, 2.45) is 0 Å². The smallest absolute Gasteiger partial charge is 0.317 e. The highest BCUT2D eigenvalue weighted by Gasteiger charge is 2.36. The summed E-state index contributed by atoms with van der Waals surface area (Å²) in [6.45, 7) is 6.91. The van der Waals surface area contributed by atoms with Gasteiger partial charge in [0, 0.05) is 52.4 Å². The van der Waals surface area contributed by atoms with E-state index in [1.807, 2.05) is 9.80 Å². The minimum Gasteiger partial charge on any atom is -0.339 e. The highest BCUT2D eigenvalue weighted by atomic mass is 16.2. The van der Waals surface area contributed by atoms with E-state index in [9.17, 15) is 9.59 Å². The van der Waals surface area contributed by atoms with Crippen LogP contribution in [0.5, 0.6) is 0 Å². The Morgan fingerprint density at radius 3 is 2.79 bits per heavy atom. The van der Waals surface area contributed by atoms with Gasteiger partial charge in [-0.15, -0.1) is 0 Å². The van der Waals surface area contributed by atoms with Gasteiger partial charge in [0.2, 0.25) is 5.91 Å². The molecule has 0 saturated carbocycles. The third kappa shape index (κ3) is 2.66. The number of nitrogens with zero attached hydrogens (tertiary/aromatic N) is 3. The lowest BCUT2D eigenvalue weighted by Crippen LogP contribution is -2.55. The molecule has 1 unspecified atom stereocenters. The van der Waals surface area contributed by atoms with Gasteiger partial charge < -0.3 is 20.4 Å². The van der Waals surface area contributed by atoms with Gasteiger partial charge in [-0.1, -0.05) is 0 Å². The van der Waals surface area contributed by atoms with Crippen molar-refractivity contribution >= 4 is 11.9 Å². The first-order chi connectivity index (χ1) is 9.24. The van der Waals surface area contributed by atoms with Crippen molar-refractivity contribution in [3.63, 3.8) is 0 Å². The normalized spacial score (nSPS) is 28.2. The molecule has 0 aromatic rings. The molecule has 3 fully saturated rings. The van der Waals surface area contributed by atoms with Crippen molar-refractivity contribution in [3.05, 3.63) is 0 Å². The Bertz CT molecular complexity index is 369. The fourth-order valence-electron chi connectivity index (χ4n) is 3.02. The quantitative estimate of drug-likeness (QED) is 0.615. The molecule has 0 spiro atoms. The molecule has 0 aromatic carbocycles. The number of hydrogen-bond acceptors (Lipinski definition) is 4. The number of carbonyl (C=O) groups is 2. The van der Waals surface area contributed by atoms with Gasteiger partial charge in [0.15, 0.2) is 0 Å². The molecule has 0 bridgehead atoms. The second-order valence-corrected chi connectivity index (χ2v) is 5.40. The van der Waals surface area contributed by atoms with Crippen LogP contribution in [0.4, 0.5) is 4.79 Å². The number of rotatable bonds is 2. The van der Waals surface area contributed by atoms with Crippen LogP contribution in [-0.2, 0) is 4.79 Å². The molecule has 19 heavy (non-hydrogen) atoms. The van der Waals surface area contributed by atoms with E-state index in [1.165, 1.54) is 0 Å². The molecule has 3 rings (SSSR count). The zero-order valence-electron chi connectivity index (χ0n) is 11.1. The first-order valence-corrected chi connectivity index (χ1v) is 6.99. The van der Waals surface area contributed by atoms with Gasteiger partial charge in [-0.3, -0.25) is 9.69 Å². The zero-order chi connectivity index (χ0) is 13.2. The topological polar surface area (TPSA) is 67.9 Å². The molecule has 2 N–H and O–H groups in total. The number of nitrogens with one attached hydrogen (secondary N) is 2. The summed E-state index contributed by atoms with van der Waals surface area (Å²) in [5.74, 6) is 0.215. The Morgan fingerprint density at radius 2 is 2.00 bits per heavy atom. The average Bonchev–Trinajstić information content (AvgIpc) is 2.81. The SMILES string of the molecule is O=C(CN1CCN2C(=O)NCC2C1)N1CCNCC1. The summed E-state index contributed by atoms with van der Waals surface area (Å²) in [4.78, 5) is 29.7. The van der Waals surface area contributed by atoms with Crippen LogP contribution in [0.25, 0.3) is 0 Å². The molecular weight excluding hydrogens is 246 g/mol. The van der Waals surface area contributed by atoms with E-state index < -0.39 is 0 Å². The predicted octanol–water partition coefficient (Wildman–Crippen LogP) is -1.87. The molecule has 3 aliphatic rings. The fourth-order valence-corrected chi connectivity index (χ4v) is 3.02. The largest absolute Gasteiger partial charge is 0.339 e. The molecule has 0 radical (unpaired) electrons. The lowest BCUT2D eigenvalue weighted by Gasteiger charge is -2.37. The standard InChI is InChI=1S/C12H21N5O2/c18-11(16-3-1-13-2-4-16)9-15-5-6-17-10(8-15)7-14-12(17)19/h10,13H,1-9H2,(H,14,19). The summed E-state index contributed by atoms with van der Waals surface area (Å²) < 4.78 is 0. The van der Waals surface area contributed by atoms with E-state index in [0.29, 0.717) is 13.1 Å². The van der Waals surface area contributed by atoms with Crippen molar-refractivity contribution in [1.29, 1.82) is 0 Å². The number of amides is 3.